The predicted octanol–water partition coefficient (Wildman–Crippen LogP) is 5.19. The second-order valence-electron chi connectivity index (χ2n) is 10.6. The van der Waals surface area contributed by atoms with Crippen LogP contribution in [0.25, 0.3) is 22.0 Å². The highest BCUT2D eigenvalue weighted by Crippen LogP contribution is 2.42. The zero-order valence-electron chi connectivity index (χ0n) is 22.3. The first kappa shape index (κ1) is 25.5. The molecule has 0 radical (unpaired) electrons. The van der Waals surface area contributed by atoms with Crippen LogP contribution < -0.4 is 10.6 Å². The summed E-state index contributed by atoms with van der Waals surface area (Å²) in [6.07, 6.45) is 2.34. The third kappa shape index (κ3) is 5.27. The molecule has 0 aliphatic carbocycles. The molecule has 4 heterocycles. The maximum atomic E-state index is 11.8. The number of piperidine rings is 3. The van der Waals surface area contributed by atoms with Gasteiger partial charge in [-0.2, -0.15) is 5.10 Å². The summed E-state index contributed by atoms with van der Waals surface area (Å²) in [7, 11) is 3.46. The van der Waals surface area contributed by atoms with Crippen molar-refractivity contribution in [3.8, 4) is 11.3 Å². The van der Waals surface area contributed by atoms with Gasteiger partial charge in [-0.15, -0.1) is 0 Å². The molecule has 39 heavy (non-hydrogen) atoms. The quantitative estimate of drug-likeness (QED) is 0.258. The monoisotopic (exact) mass is 539 g/mol. The third-order valence-electron chi connectivity index (χ3n) is 8.26. The lowest BCUT2D eigenvalue weighted by molar-refractivity contribution is 0.0303. The smallest absolute Gasteiger partial charge is 0.337 e. The van der Waals surface area contributed by atoms with E-state index < -0.39 is 0 Å². The van der Waals surface area contributed by atoms with Crippen LogP contribution in [0.3, 0.4) is 0 Å². The van der Waals surface area contributed by atoms with Gasteiger partial charge in [0, 0.05) is 49.0 Å². The van der Waals surface area contributed by atoms with Crippen LogP contribution in [0.2, 0.25) is 0 Å². The minimum atomic E-state index is -0.365. The van der Waals surface area contributed by atoms with Gasteiger partial charge < -0.3 is 15.4 Å². The number of anilines is 1. The highest BCUT2D eigenvalue weighted by atomic mass is 32.1. The Morgan fingerprint density at radius 1 is 1.08 bits per heavy atom. The predicted molar refractivity (Wildman–Crippen MR) is 159 cm³/mol. The minimum Gasteiger partial charge on any atom is -0.465 e. The largest absolute Gasteiger partial charge is 0.465 e. The number of hydrogen-bond donors (Lipinski definition) is 2. The molecular weight excluding hydrogens is 506 g/mol. The van der Waals surface area contributed by atoms with Crippen LogP contribution in [0.15, 0.2) is 72.8 Å². The number of esters is 1. The lowest BCUT2D eigenvalue weighted by Crippen LogP contribution is -2.56. The van der Waals surface area contributed by atoms with Gasteiger partial charge in [-0.05, 0) is 78.6 Å². The first-order valence-electron chi connectivity index (χ1n) is 13.5. The number of fused-ring (bicyclic) bond motifs is 4. The number of aromatic nitrogens is 2. The molecule has 3 aromatic carbocycles. The van der Waals surface area contributed by atoms with E-state index in [2.05, 4.69) is 75.8 Å². The van der Waals surface area contributed by atoms with Crippen LogP contribution in [0.4, 0.5) is 5.69 Å². The number of carbonyl (C=O) groups is 1. The van der Waals surface area contributed by atoms with Crippen LogP contribution >= 0.6 is 12.2 Å². The van der Waals surface area contributed by atoms with Gasteiger partial charge in [0.15, 0.2) is 5.11 Å². The Labute approximate surface area is 234 Å². The average Bonchev–Trinajstić information content (AvgIpc) is 3.37. The maximum absolute atomic E-state index is 11.8. The number of ether oxygens (including phenoxy) is 1. The van der Waals surface area contributed by atoms with E-state index in [9.17, 15) is 4.79 Å². The molecule has 2 N–H and O–H groups in total. The summed E-state index contributed by atoms with van der Waals surface area (Å²) in [5.41, 5.74) is 4.78. The minimum absolute atomic E-state index is 0.365. The number of nitrogens with zero attached hydrogens (tertiary/aromatic N) is 3. The molecule has 3 fully saturated rings. The van der Waals surface area contributed by atoms with Crippen molar-refractivity contribution < 1.29 is 9.53 Å². The molecule has 2 bridgehead atoms. The third-order valence-corrected chi connectivity index (χ3v) is 8.51. The van der Waals surface area contributed by atoms with Crippen LogP contribution in [0, 0.1) is 5.92 Å². The van der Waals surface area contributed by atoms with Crippen molar-refractivity contribution in [1.29, 1.82) is 0 Å². The van der Waals surface area contributed by atoms with Crippen molar-refractivity contribution >= 4 is 39.8 Å². The van der Waals surface area contributed by atoms with Crippen molar-refractivity contribution in [2.75, 3.05) is 32.1 Å². The molecule has 0 amide bonds. The Balaban J connectivity index is 1.09. The highest BCUT2D eigenvalue weighted by Gasteiger charge is 2.41. The van der Waals surface area contributed by atoms with Gasteiger partial charge in [0.2, 0.25) is 0 Å². The van der Waals surface area contributed by atoms with Crippen LogP contribution in [0.1, 0.15) is 34.8 Å². The summed E-state index contributed by atoms with van der Waals surface area (Å²) in [5, 5.41) is 14.6. The van der Waals surface area contributed by atoms with Gasteiger partial charge in [-0.25, -0.2) is 4.79 Å². The zero-order valence-corrected chi connectivity index (χ0v) is 23.1. The van der Waals surface area contributed by atoms with E-state index in [1.54, 1.807) is 12.1 Å². The molecule has 200 valence electrons. The Hall–Kier alpha value is -3.75. The van der Waals surface area contributed by atoms with Gasteiger partial charge in [-0.3, -0.25) is 9.58 Å². The van der Waals surface area contributed by atoms with E-state index >= 15 is 0 Å². The summed E-state index contributed by atoms with van der Waals surface area (Å²) >= 11 is 5.55. The number of aryl methyl sites for hydroxylation is 1. The van der Waals surface area contributed by atoms with Crippen molar-refractivity contribution in [3.63, 3.8) is 0 Å². The number of thiocarbonyl (C=S) groups is 1. The number of methoxy groups -OCH3 is 1. The molecule has 7 nitrogen and oxygen atoms in total. The number of benzene rings is 3. The molecule has 1 aromatic heterocycles. The van der Waals surface area contributed by atoms with E-state index in [0.717, 1.165) is 43.0 Å². The number of carbonyl (C=O) groups excluding carboxylic acids is 1. The van der Waals surface area contributed by atoms with E-state index in [0.29, 0.717) is 28.6 Å². The highest BCUT2D eigenvalue weighted by molar-refractivity contribution is 7.80. The first-order valence-corrected chi connectivity index (χ1v) is 13.9. The topological polar surface area (TPSA) is 71.4 Å². The fraction of sp³-hybridized carbons (Fsp3) is 0.323. The standard InChI is InChI=1S/C31H33N5O2S/c1-35-29(17-28(34-35)23-11-10-20-6-3-4-7-21(20)14-23)27-19-36-13-12-22(27)16-26(36)18-32-31(39)33-25-9-5-8-24(15-25)30(37)38-2/h3-11,14-15,17,22,26-27H,12-13,16,18-19H2,1-2H3,(H2,32,33,39). The Bertz CT molecular complexity index is 1530. The number of rotatable bonds is 6. The molecule has 7 rings (SSSR count). The molecule has 3 aliphatic heterocycles. The van der Waals surface area contributed by atoms with Crippen LogP contribution in [-0.4, -0.2) is 58.5 Å². The second-order valence-corrected chi connectivity index (χ2v) is 11.0. The SMILES string of the molecule is COC(=O)c1cccc(NC(=S)NCC2CC3CCN2CC3c2cc(-c3ccc4ccccc4c3)nn2C)c1. The van der Waals surface area contributed by atoms with Gasteiger partial charge >= 0.3 is 5.97 Å². The van der Waals surface area contributed by atoms with Gasteiger partial charge in [0.25, 0.3) is 0 Å². The van der Waals surface area contributed by atoms with E-state index in [-0.39, 0.29) is 5.97 Å². The summed E-state index contributed by atoms with van der Waals surface area (Å²) < 4.78 is 6.90. The second kappa shape index (κ2) is 10.8. The van der Waals surface area contributed by atoms with Gasteiger partial charge in [-0.1, -0.05) is 42.5 Å². The number of nitrogens with one attached hydrogen (secondary N) is 2. The molecule has 4 aromatic rings. The lowest BCUT2D eigenvalue weighted by Gasteiger charge is -2.50. The van der Waals surface area contributed by atoms with Crippen LogP contribution in [-0.2, 0) is 11.8 Å². The van der Waals surface area contributed by atoms with Crippen molar-refractivity contribution in [2.45, 2.75) is 24.8 Å². The molecule has 0 saturated carbocycles. The Kier molecular flexibility index (Phi) is 7.06. The number of hydrogen-bond acceptors (Lipinski definition) is 5. The molecule has 8 heteroatoms. The average molecular weight is 540 g/mol. The van der Waals surface area contributed by atoms with Crippen molar-refractivity contribution in [2.24, 2.45) is 13.0 Å². The lowest BCUT2D eigenvalue weighted by atomic mass is 9.74. The van der Waals surface area contributed by atoms with Gasteiger partial charge in [0.1, 0.15) is 0 Å². The summed E-state index contributed by atoms with van der Waals surface area (Å²) in [6, 6.07) is 25.0. The normalized spacial score (nSPS) is 22.0. The van der Waals surface area contributed by atoms with Crippen LogP contribution in [0.5, 0.6) is 0 Å². The fourth-order valence-corrected chi connectivity index (χ4v) is 6.43. The van der Waals surface area contributed by atoms with Crippen molar-refractivity contribution in [1.82, 2.24) is 20.0 Å². The molecule has 3 saturated heterocycles. The Morgan fingerprint density at radius 2 is 1.92 bits per heavy atom. The van der Waals surface area contributed by atoms with E-state index in [1.165, 1.54) is 30.0 Å². The molecule has 4 atom stereocenters. The molecule has 0 spiro atoms. The summed E-state index contributed by atoms with van der Waals surface area (Å²) in [4.78, 5) is 14.4. The summed E-state index contributed by atoms with van der Waals surface area (Å²) in [5.74, 6) is 0.740. The molecule has 4 unspecified atom stereocenters. The van der Waals surface area contributed by atoms with E-state index in [1.807, 2.05) is 12.1 Å². The molecule has 3 aliphatic rings. The fourth-order valence-electron chi connectivity index (χ4n) is 6.23. The Morgan fingerprint density at radius 3 is 2.72 bits per heavy atom. The maximum Gasteiger partial charge on any atom is 0.337 e. The van der Waals surface area contributed by atoms with Crippen molar-refractivity contribution in [3.05, 3.63) is 84.1 Å². The molecular formula is C31H33N5O2S. The van der Waals surface area contributed by atoms with E-state index in [4.69, 9.17) is 22.1 Å². The first-order chi connectivity index (χ1) is 19.0. The van der Waals surface area contributed by atoms with Gasteiger partial charge in [0.05, 0.1) is 18.4 Å². The zero-order chi connectivity index (χ0) is 26.9. The summed E-state index contributed by atoms with van der Waals surface area (Å²) in [6.45, 7) is 2.94.